The minimum absolute atomic E-state index is 0.0383. The quantitative estimate of drug-likeness (QED) is 0.589. The highest BCUT2D eigenvalue weighted by molar-refractivity contribution is 6.25. The predicted molar refractivity (Wildman–Crippen MR) is 52.0 cm³/mol. The zero-order chi connectivity index (χ0) is 11.2. The lowest BCUT2D eigenvalue weighted by molar-refractivity contribution is -0.144. The van der Waals surface area contributed by atoms with Gasteiger partial charge in [0.25, 0.3) is 0 Å². The van der Waals surface area contributed by atoms with Crippen molar-refractivity contribution < 1.29 is 19.4 Å². The number of rotatable bonds is 0. The SMILES string of the molecule is CC1CC2=CC(=O)C(C)(O)C(=O)C2=CO1. The van der Waals surface area contributed by atoms with Crippen molar-refractivity contribution in [2.45, 2.75) is 32.0 Å². The Labute approximate surface area is 87.2 Å². The number of ether oxygens (including phenoxy) is 1. The molecule has 2 atom stereocenters. The predicted octanol–water partition coefficient (Wildman–Crippen LogP) is 0.508. The Hall–Kier alpha value is -1.42. The monoisotopic (exact) mass is 208 g/mol. The summed E-state index contributed by atoms with van der Waals surface area (Å²) >= 11 is 0. The number of carbonyl (C=O) groups is 2. The van der Waals surface area contributed by atoms with Crippen LogP contribution in [-0.2, 0) is 14.3 Å². The summed E-state index contributed by atoms with van der Waals surface area (Å²) < 4.78 is 5.20. The van der Waals surface area contributed by atoms with Crippen LogP contribution < -0.4 is 0 Å². The highest BCUT2D eigenvalue weighted by Crippen LogP contribution is 2.32. The molecule has 0 aromatic rings. The Balaban J connectivity index is 2.49. The lowest BCUT2D eigenvalue weighted by Gasteiger charge is -2.30. The molecular formula is C11H12O4. The van der Waals surface area contributed by atoms with Crippen LogP contribution in [-0.4, -0.2) is 28.4 Å². The van der Waals surface area contributed by atoms with Gasteiger partial charge in [-0.15, -0.1) is 0 Å². The van der Waals surface area contributed by atoms with Gasteiger partial charge in [-0.1, -0.05) is 0 Å². The van der Waals surface area contributed by atoms with E-state index in [0.717, 1.165) is 0 Å². The number of fused-ring (bicyclic) bond motifs is 1. The zero-order valence-corrected chi connectivity index (χ0v) is 8.61. The molecule has 0 fully saturated rings. The van der Waals surface area contributed by atoms with Crippen LogP contribution in [0.25, 0.3) is 0 Å². The number of carbonyl (C=O) groups excluding carboxylic acids is 2. The average molecular weight is 208 g/mol. The molecule has 1 aliphatic heterocycles. The van der Waals surface area contributed by atoms with E-state index in [9.17, 15) is 14.7 Å². The summed E-state index contributed by atoms with van der Waals surface area (Å²) in [6.07, 6.45) is 3.16. The van der Waals surface area contributed by atoms with Gasteiger partial charge in [-0.3, -0.25) is 9.59 Å². The summed E-state index contributed by atoms with van der Waals surface area (Å²) in [7, 11) is 0. The fraction of sp³-hybridized carbons (Fsp3) is 0.455. The third-order valence-corrected chi connectivity index (χ3v) is 2.74. The van der Waals surface area contributed by atoms with Gasteiger partial charge in [0.1, 0.15) is 0 Å². The maximum absolute atomic E-state index is 11.7. The standard InChI is InChI=1S/C11H12O4/c1-6-3-7-4-9(12)11(2,14)10(13)8(7)5-15-6/h4-6,14H,3H2,1-2H3. The van der Waals surface area contributed by atoms with Crippen LogP contribution in [0.15, 0.2) is 23.5 Å². The molecule has 2 aliphatic rings. The summed E-state index contributed by atoms with van der Waals surface area (Å²) in [5, 5.41) is 9.68. The summed E-state index contributed by atoms with van der Waals surface area (Å²) in [5.41, 5.74) is -0.952. The molecule has 15 heavy (non-hydrogen) atoms. The molecule has 2 unspecified atom stereocenters. The molecule has 80 valence electrons. The first kappa shape index (κ1) is 10.1. The maximum atomic E-state index is 11.7. The van der Waals surface area contributed by atoms with Crippen LogP contribution in [0.3, 0.4) is 0 Å². The van der Waals surface area contributed by atoms with Crippen LogP contribution in [0.1, 0.15) is 20.3 Å². The minimum atomic E-state index is -1.93. The van der Waals surface area contributed by atoms with Crippen LogP contribution in [0, 0.1) is 0 Å². The lowest BCUT2D eigenvalue weighted by atomic mass is 9.79. The Morgan fingerprint density at radius 3 is 2.87 bits per heavy atom. The molecule has 0 amide bonds. The highest BCUT2D eigenvalue weighted by atomic mass is 16.5. The fourth-order valence-corrected chi connectivity index (χ4v) is 1.74. The lowest BCUT2D eigenvalue weighted by Crippen LogP contribution is -2.47. The van der Waals surface area contributed by atoms with Crippen molar-refractivity contribution in [2.75, 3.05) is 0 Å². The topological polar surface area (TPSA) is 63.6 Å². The third-order valence-electron chi connectivity index (χ3n) is 2.74. The molecule has 0 spiro atoms. The van der Waals surface area contributed by atoms with E-state index in [1.54, 1.807) is 0 Å². The van der Waals surface area contributed by atoms with E-state index in [-0.39, 0.29) is 6.10 Å². The molecule has 0 saturated heterocycles. The molecule has 1 aliphatic carbocycles. The first-order chi connectivity index (χ1) is 6.93. The first-order valence-electron chi connectivity index (χ1n) is 4.81. The van der Waals surface area contributed by atoms with Crippen molar-refractivity contribution in [3.05, 3.63) is 23.5 Å². The molecular weight excluding hydrogens is 196 g/mol. The maximum Gasteiger partial charge on any atom is 0.205 e. The van der Waals surface area contributed by atoms with E-state index < -0.39 is 17.2 Å². The second kappa shape index (κ2) is 3.03. The minimum Gasteiger partial charge on any atom is -0.497 e. The summed E-state index contributed by atoms with van der Waals surface area (Å²) in [6, 6.07) is 0. The molecule has 0 saturated carbocycles. The number of aliphatic hydroxyl groups is 1. The number of ketones is 2. The average Bonchev–Trinajstić information content (AvgIpc) is 2.15. The van der Waals surface area contributed by atoms with Crippen LogP contribution in [0.2, 0.25) is 0 Å². The van der Waals surface area contributed by atoms with Gasteiger partial charge in [0, 0.05) is 6.42 Å². The van der Waals surface area contributed by atoms with E-state index in [4.69, 9.17) is 4.74 Å². The highest BCUT2D eigenvalue weighted by Gasteiger charge is 2.44. The second-order valence-electron chi connectivity index (χ2n) is 4.12. The van der Waals surface area contributed by atoms with Gasteiger partial charge >= 0.3 is 0 Å². The smallest absolute Gasteiger partial charge is 0.205 e. The number of hydrogen-bond donors (Lipinski definition) is 1. The van der Waals surface area contributed by atoms with Gasteiger partial charge < -0.3 is 9.84 Å². The normalized spacial score (nSPS) is 35.3. The molecule has 0 bridgehead atoms. The Morgan fingerprint density at radius 1 is 1.53 bits per heavy atom. The van der Waals surface area contributed by atoms with Crippen molar-refractivity contribution in [2.24, 2.45) is 0 Å². The van der Waals surface area contributed by atoms with E-state index in [2.05, 4.69) is 0 Å². The van der Waals surface area contributed by atoms with Crippen LogP contribution >= 0.6 is 0 Å². The molecule has 0 aromatic carbocycles. The molecule has 4 nitrogen and oxygen atoms in total. The Kier molecular flexibility index (Phi) is 2.04. The van der Waals surface area contributed by atoms with E-state index in [0.29, 0.717) is 17.6 Å². The third kappa shape index (κ3) is 1.41. The van der Waals surface area contributed by atoms with Gasteiger partial charge in [0.2, 0.25) is 5.78 Å². The molecule has 1 heterocycles. The van der Waals surface area contributed by atoms with Gasteiger partial charge in [0.15, 0.2) is 11.4 Å². The molecule has 4 heteroatoms. The van der Waals surface area contributed by atoms with Crippen molar-refractivity contribution >= 4 is 11.6 Å². The summed E-state index contributed by atoms with van der Waals surface area (Å²) in [6.45, 7) is 3.07. The van der Waals surface area contributed by atoms with Crippen molar-refractivity contribution in [1.29, 1.82) is 0 Å². The van der Waals surface area contributed by atoms with Gasteiger partial charge in [-0.2, -0.15) is 0 Å². The van der Waals surface area contributed by atoms with Gasteiger partial charge in [-0.25, -0.2) is 0 Å². The zero-order valence-electron chi connectivity index (χ0n) is 8.61. The number of Topliss-reactive ketones (excluding diaryl/α,β-unsaturated/α-hetero) is 1. The first-order valence-corrected chi connectivity index (χ1v) is 4.81. The van der Waals surface area contributed by atoms with E-state index in [1.165, 1.54) is 19.3 Å². The molecule has 2 rings (SSSR count). The second-order valence-corrected chi connectivity index (χ2v) is 4.12. The summed E-state index contributed by atoms with van der Waals surface area (Å²) in [4.78, 5) is 23.2. The van der Waals surface area contributed by atoms with Crippen molar-refractivity contribution in [3.63, 3.8) is 0 Å². The van der Waals surface area contributed by atoms with Crippen LogP contribution in [0.4, 0.5) is 0 Å². The Bertz CT molecular complexity index is 401. The Morgan fingerprint density at radius 2 is 2.20 bits per heavy atom. The van der Waals surface area contributed by atoms with Crippen molar-refractivity contribution in [1.82, 2.24) is 0 Å². The molecule has 0 aromatic heterocycles. The fourth-order valence-electron chi connectivity index (χ4n) is 1.74. The van der Waals surface area contributed by atoms with Crippen molar-refractivity contribution in [3.8, 4) is 0 Å². The summed E-state index contributed by atoms with van der Waals surface area (Å²) in [5.74, 6) is -1.12. The molecule has 1 N–H and O–H groups in total. The van der Waals surface area contributed by atoms with E-state index >= 15 is 0 Å². The van der Waals surface area contributed by atoms with Crippen LogP contribution in [0.5, 0.6) is 0 Å². The number of hydrogen-bond acceptors (Lipinski definition) is 4. The van der Waals surface area contributed by atoms with E-state index in [1.807, 2.05) is 6.92 Å². The van der Waals surface area contributed by atoms with Gasteiger partial charge in [0.05, 0.1) is 17.9 Å². The van der Waals surface area contributed by atoms with Gasteiger partial charge in [-0.05, 0) is 25.5 Å². The largest absolute Gasteiger partial charge is 0.497 e. The molecule has 0 radical (unpaired) electrons.